The molecule has 27 heavy (non-hydrogen) atoms. The maximum absolute atomic E-state index is 13.3. The van der Waals surface area contributed by atoms with Crippen LogP contribution in [-0.4, -0.2) is 30.1 Å². The molecule has 0 aliphatic carbocycles. The molecule has 2 atom stereocenters. The van der Waals surface area contributed by atoms with Crippen LogP contribution in [-0.2, 0) is 4.74 Å². The number of hydrogen-bond donors (Lipinski definition) is 0. The van der Waals surface area contributed by atoms with Crippen molar-refractivity contribution < 1.29 is 13.9 Å². The lowest BCUT2D eigenvalue weighted by atomic mass is 9.98. The van der Waals surface area contributed by atoms with Gasteiger partial charge in [0.2, 0.25) is 5.76 Å². The van der Waals surface area contributed by atoms with Gasteiger partial charge in [0.1, 0.15) is 5.58 Å². The fraction of sp³-hybridized carbons (Fsp3) is 0.273. The van der Waals surface area contributed by atoms with Crippen LogP contribution in [0.2, 0.25) is 0 Å². The summed E-state index contributed by atoms with van der Waals surface area (Å²) in [6.45, 7) is 1.18. The second kappa shape index (κ2) is 6.35. The summed E-state index contributed by atoms with van der Waals surface area (Å²) >= 11 is 0. The number of hydrogen-bond acceptors (Lipinski definition) is 4. The molecule has 1 fully saturated rings. The fourth-order valence-corrected chi connectivity index (χ4v) is 4.15. The number of carbonyl (C=O) groups excluding carboxylic acids is 1. The molecule has 2 aromatic carbocycles. The second-order valence-corrected chi connectivity index (χ2v) is 7.08. The Bertz CT molecular complexity index is 1070. The van der Waals surface area contributed by atoms with E-state index in [-0.39, 0.29) is 23.2 Å². The highest BCUT2D eigenvalue weighted by molar-refractivity contribution is 5.99. The van der Waals surface area contributed by atoms with Crippen molar-refractivity contribution in [3.8, 4) is 0 Å². The number of para-hydroxylation sites is 1. The van der Waals surface area contributed by atoms with E-state index in [0.717, 1.165) is 25.0 Å². The Morgan fingerprint density at radius 2 is 1.78 bits per heavy atom. The zero-order valence-corrected chi connectivity index (χ0v) is 14.8. The second-order valence-electron chi connectivity index (χ2n) is 7.08. The summed E-state index contributed by atoms with van der Waals surface area (Å²) < 4.78 is 11.7. The van der Waals surface area contributed by atoms with Crippen molar-refractivity contribution in [1.82, 2.24) is 4.90 Å². The van der Waals surface area contributed by atoms with Gasteiger partial charge in [-0.25, -0.2) is 0 Å². The van der Waals surface area contributed by atoms with Crippen molar-refractivity contribution in [2.24, 2.45) is 0 Å². The summed E-state index contributed by atoms with van der Waals surface area (Å²) in [5.41, 5.74) is 1.65. The number of rotatable bonds is 3. The van der Waals surface area contributed by atoms with E-state index >= 15 is 0 Å². The summed E-state index contributed by atoms with van der Waals surface area (Å²) in [5, 5.41) is 0.504. The van der Waals surface area contributed by atoms with Gasteiger partial charge in [-0.2, -0.15) is 0 Å². The first kappa shape index (κ1) is 16.3. The van der Waals surface area contributed by atoms with Crippen molar-refractivity contribution in [3.63, 3.8) is 0 Å². The first-order valence-electron chi connectivity index (χ1n) is 9.27. The number of benzene rings is 2. The molecule has 2 aliphatic heterocycles. The average Bonchev–Trinajstić information content (AvgIpc) is 3.31. The fourth-order valence-electron chi connectivity index (χ4n) is 4.15. The van der Waals surface area contributed by atoms with Crippen LogP contribution < -0.4 is 5.43 Å². The van der Waals surface area contributed by atoms with Crippen LogP contribution in [0.1, 0.15) is 40.6 Å². The highest BCUT2D eigenvalue weighted by Gasteiger charge is 2.43. The van der Waals surface area contributed by atoms with Crippen molar-refractivity contribution in [2.45, 2.75) is 25.0 Å². The van der Waals surface area contributed by atoms with E-state index in [1.807, 2.05) is 36.4 Å². The van der Waals surface area contributed by atoms with Crippen LogP contribution in [0.25, 0.3) is 11.0 Å². The largest absolute Gasteiger partial charge is 0.450 e. The monoisotopic (exact) mass is 361 g/mol. The molecule has 0 saturated carbocycles. The van der Waals surface area contributed by atoms with Crippen LogP contribution in [0.15, 0.2) is 63.8 Å². The van der Waals surface area contributed by atoms with Gasteiger partial charge in [0.05, 0.1) is 23.1 Å². The molecule has 3 heterocycles. The highest BCUT2D eigenvalue weighted by Crippen LogP contribution is 2.38. The molecule has 1 saturated heterocycles. The van der Waals surface area contributed by atoms with Gasteiger partial charge >= 0.3 is 0 Å². The predicted octanol–water partition coefficient (Wildman–Crippen LogP) is 3.52. The van der Waals surface area contributed by atoms with Gasteiger partial charge in [0.25, 0.3) is 5.91 Å². The Hall–Kier alpha value is -2.92. The number of carbonyl (C=O) groups is 1. The summed E-state index contributed by atoms with van der Waals surface area (Å²) in [4.78, 5) is 28.2. The van der Waals surface area contributed by atoms with E-state index in [1.165, 1.54) is 0 Å². The molecule has 0 bridgehead atoms. The van der Waals surface area contributed by atoms with E-state index in [2.05, 4.69) is 0 Å². The Labute approximate surface area is 156 Å². The van der Waals surface area contributed by atoms with Gasteiger partial charge in [-0.15, -0.1) is 0 Å². The first-order chi connectivity index (χ1) is 13.2. The molecule has 0 spiro atoms. The Kier molecular flexibility index (Phi) is 3.83. The van der Waals surface area contributed by atoms with Crippen LogP contribution >= 0.6 is 0 Å². The number of nitrogens with zero attached hydrogens (tertiary/aromatic N) is 1. The third kappa shape index (κ3) is 2.58. The van der Waals surface area contributed by atoms with Crippen molar-refractivity contribution in [1.29, 1.82) is 0 Å². The lowest BCUT2D eigenvalue weighted by molar-refractivity contribution is 0.0486. The maximum Gasteiger partial charge on any atom is 0.291 e. The van der Waals surface area contributed by atoms with Crippen LogP contribution in [0.3, 0.4) is 0 Å². The lowest BCUT2D eigenvalue weighted by Gasteiger charge is -2.27. The van der Waals surface area contributed by atoms with Crippen LogP contribution in [0, 0.1) is 0 Å². The molecule has 2 aliphatic rings. The number of amides is 1. The Balaban J connectivity index is 1.70. The maximum atomic E-state index is 13.3. The minimum Gasteiger partial charge on any atom is -0.450 e. The van der Waals surface area contributed by atoms with E-state index < -0.39 is 6.04 Å². The quantitative estimate of drug-likeness (QED) is 0.716. The van der Waals surface area contributed by atoms with Crippen molar-refractivity contribution in [3.05, 3.63) is 81.7 Å². The van der Waals surface area contributed by atoms with Gasteiger partial charge in [0.15, 0.2) is 5.43 Å². The molecule has 1 amide bonds. The SMILES string of the molecule is O=C1c2oc3ccccc3c(=O)c2[C@H](c2ccccc2)N1C[C@H]1CCCO1. The van der Waals surface area contributed by atoms with Crippen LogP contribution in [0.4, 0.5) is 0 Å². The minimum atomic E-state index is -0.446. The molecule has 136 valence electrons. The van der Waals surface area contributed by atoms with Crippen molar-refractivity contribution in [2.75, 3.05) is 13.2 Å². The number of ether oxygens (including phenoxy) is 1. The topological polar surface area (TPSA) is 59.8 Å². The molecule has 3 aromatic rings. The van der Waals surface area contributed by atoms with E-state index in [0.29, 0.717) is 23.1 Å². The smallest absolute Gasteiger partial charge is 0.291 e. The normalized spacial score (nSPS) is 21.8. The zero-order valence-electron chi connectivity index (χ0n) is 14.8. The van der Waals surface area contributed by atoms with E-state index in [4.69, 9.17) is 9.15 Å². The van der Waals surface area contributed by atoms with E-state index in [9.17, 15) is 9.59 Å². The zero-order chi connectivity index (χ0) is 18.4. The third-order valence-electron chi connectivity index (χ3n) is 5.41. The lowest BCUT2D eigenvalue weighted by Crippen LogP contribution is -2.36. The van der Waals surface area contributed by atoms with Gasteiger partial charge in [-0.05, 0) is 30.5 Å². The molecular formula is C22H19NO4. The standard InChI is InChI=1S/C22H19NO4/c24-20-16-10-4-5-11-17(16)27-21-18(20)19(14-7-2-1-3-8-14)23(22(21)25)13-15-9-6-12-26-15/h1-5,7-8,10-11,15,19H,6,9,12-13H2/t15-,19+/m1/s1. The minimum absolute atomic E-state index is 0.000933. The van der Waals surface area contributed by atoms with Crippen LogP contribution in [0.5, 0.6) is 0 Å². The molecule has 0 N–H and O–H groups in total. The molecule has 1 aromatic heterocycles. The third-order valence-corrected chi connectivity index (χ3v) is 5.41. The van der Waals surface area contributed by atoms with Crippen molar-refractivity contribution >= 4 is 16.9 Å². The molecule has 5 rings (SSSR count). The van der Waals surface area contributed by atoms with Gasteiger partial charge in [0, 0.05) is 13.2 Å². The summed E-state index contributed by atoms with van der Waals surface area (Å²) in [6.07, 6.45) is 1.92. The highest BCUT2D eigenvalue weighted by atomic mass is 16.5. The summed E-state index contributed by atoms with van der Waals surface area (Å²) in [7, 11) is 0. The molecule has 5 nitrogen and oxygen atoms in total. The molecule has 0 radical (unpaired) electrons. The number of fused-ring (bicyclic) bond motifs is 2. The summed E-state index contributed by atoms with van der Waals surface area (Å²) in [5.74, 6) is -0.0808. The first-order valence-corrected chi connectivity index (χ1v) is 9.27. The van der Waals surface area contributed by atoms with Gasteiger partial charge < -0.3 is 14.1 Å². The Morgan fingerprint density at radius 3 is 2.56 bits per heavy atom. The molecule has 0 unspecified atom stereocenters. The van der Waals surface area contributed by atoms with E-state index in [1.54, 1.807) is 23.1 Å². The predicted molar refractivity (Wildman–Crippen MR) is 101 cm³/mol. The van der Waals surface area contributed by atoms with Gasteiger partial charge in [-0.3, -0.25) is 9.59 Å². The summed E-state index contributed by atoms with van der Waals surface area (Å²) in [6, 6.07) is 16.3. The van der Waals surface area contributed by atoms with Gasteiger partial charge in [-0.1, -0.05) is 42.5 Å². The molecule has 5 heteroatoms. The average molecular weight is 361 g/mol. The molecular weight excluding hydrogens is 342 g/mol. The Morgan fingerprint density at radius 1 is 1.00 bits per heavy atom.